The molecule has 2 rings (SSSR count). The Morgan fingerprint density at radius 2 is 1.85 bits per heavy atom. The van der Waals surface area contributed by atoms with Crippen LogP contribution in [0.5, 0.6) is 5.75 Å². The molecule has 0 heterocycles. The van der Waals surface area contributed by atoms with Gasteiger partial charge in [-0.1, -0.05) is 16.1 Å². The van der Waals surface area contributed by atoms with Gasteiger partial charge in [0, 0.05) is 17.8 Å². The Morgan fingerprint density at radius 1 is 1.19 bits per heavy atom. The number of rotatable bonds is 7. The van der Waals surface area contributed by atoms with Crippen LogP contribution < -0.4 is 10.1 Å². The fourth-order valence-corrected chi connectivity index (χ4v) is 3.27. The summed E-state index contributed by atoms with van der Waals surface area (Å²) in [5, 5.41) is 3.23. The molecule has 26 heavy (non-hydrogen) atoms. The number of amides is 1. The standard InChI is InChI=1S/C17H19ClN2O5S/c1-12-10-13(18)4-9-16(12)25-11-17(21)19-14-5-7-15(8-6-14)26(22,23)20(2)24-3/h4-10H,11H2,1-3H3,(H,19,21). The average molecular weight is 399 g/mol. The Bertz CT molecular complexity index is 885. The van der Waals surface area contributed by atoms with Gasteiger partial charge in [-0.2, -0.15) is 0 Å². The summed E-state index contributed by atoms with van der Waals surface area (Å²) in [7, 11) is -1.17. The molecule has 0 spiro atoms. The summed E-state index contributed by atoms with van der Waals surface area (Å²) in [6.07, 6.45) is 0. The number of hydroxylamine groups is 1. The van der Waals surface area contributed by atoms with Crippen molar-refractivity contribution >= 4 is 33.2 Å². The van der Waals surface area contributed by atoms with Gasteiger partial charge in [0.15, 0.2) is 6.61 Å². The number of anilines is 1. The first-order valence-corrected chi connectivity index (χ1v) is 9.37. The van der Waals surface area contributed by atoms with E-state index in [1.54, 1.807) is 18.2 Å². The molecular weight excluding hydrogens is 380 g/mol. The molecule has 2 aromatic rings. The van der Waals surface area contributed by atoms with Crippen LogP contribution in [0.15, 0.2) is 47.4 Å². The van der Waals surface area contributed by atoms with E-state index in [9.17, 15) is 13.2 Å². The number of benzene rings is 2. The molecule has 0 bridgehead atoms. The van der Waals surface area contributed by atoms with Crippen molar-refractivity contribution in [1.82, 2.24) is 4.47 Å². The molecule has 0 aromatic heterocycles. The third-order valence-corrected chi connectivity index (χ3v) is 5.46. The maximum atomic E-state index is 12.1. The molecule has 140 valence electrons. The molecule has 0 radical (unpaired) electrons. The fourth-order valence-electron chi connectivity index (χ4n) is 2.07. The van der Waals surface area contributed by atoms with E-state index in [0.29, 0.717) is 16.5 Å². The second kappa shape index (κ2) is 8.50. The fraction of sp³-hybridized carbons (Fsp3) is 0.235. The van der Waals surface area contributed by atoms with Gasteiger partial charge < -0.3 is 10.1 Å². The molecule has 7 nitrogen and oxygen atoms in total. The van der Waals surface area contributed by atoms with Crippen molar-refractivity contribution in [3.63, 3.8) is 0 Å². The molecule has 0 aliphatic carbocycles. The summed E-state index contributed by atoms with van der Waals surface area (Å²) in [6, 6.07) is 10.8. The van der Waals surface area contributed by atoms with Crippen molar-refractivity contribution in [3.8, 4) is 5.75 Å². The van der Waals surface area contributed by atoms with E-state index in [4.69, 9.17) is 21.2 Å². The monoisotopic (exact) mass is 398 g/mol. The molecule has 1 N–H and O–H groups in total. The molecule has 0 saturated carbocycles. The Hall–Kier alpha value is -2.13. The van der Waals surface area contributed by atoms with E-state index in [0.717, 1.165) is 10.0 Å². The van der Waals surface area contributed by atoms with E-state index < -0.39 is 10.0 Å². The molecule has 0 atom stereocenters. The summed E-state index contributed by atoms with van der Waals surface area (Å²) in [5.41, 5.74) is 1.27. The normalized spacial score (nSPS) is 11.4. The Balaban J connectivity index is 1.97. The Kier molecular flexibility index (Phi) is 6.60. The van der Waals surface area contributed by atoms with Gasteiger partial charge in [0.1, 0.15) is 5.75 Å². The number of sulfonamides is 1. The minimum Gasteiger partial charge on any atom is -0.483 e. The van der Waals surface area contributed by atoms with Crippen molar-refractivity contribution in [1.29, 1.82) is 0 Å². The third-order valence-electron chi connectivity index (χ3n) is 3.53. The topological polar surface area (TPSA) is 84.9 Å². The van der Waals surface area contributed by atoms with Crippen LogP contribution in [0.4, 0.5) is 5.69 Å². The van der Waals surface area contributed by atoms with Crippen LogP contribution in [0.3, 0.4) is 0 Å². The van der Waals surface area contributed by atoms with Crippen molar-refractivity contribution < 1.29 is 22.8 Å². The number of carbonyl (C=O) groups is 1. The van der Waals surface area contributed by atoms with Crippen LogP contribution in [-0.4, -0.2) is 39.6 Å². The van der Waals surface area contributed by atoms with E-state index in [-0.39, 0.29) is 17.4 Å². The summed E-state index contributed by atoms with van der Waals surface area (Å²) in [6.45, 7) is 1.64. The number of nitrogens with one attached hydrogen (secondary N) is 1. The number of aryl methyl sites for hydroxylation is 1. The second-order valence-electron chi connectivity index (χ2n) is 5.37. The average Bonchev–Trinajstić information content (AvgIpc) is 2.60. The van der Waals surface area contributed by atoms with Gasteiger partial charge in [-0.3, -0.25) is 9.63 Å². The van der Waals surface area contributed by atoms with Crippen LogP contribution in [-0.2, 0) is 19.7 Å². The van der Waals surface area contributed by atoms with Gasteiger partial charge in [0.05, 0.1) is 12.0 Å². The van der Waals surface area contributed by atoms with Crippen molar-refractivity contribution in [3.05, 3.63) is 53.1 Å². The first-order chi connectivity index (χ1) is 12.2. The molecule has 1 amide bonds. The third kappa shape index (κ3) is 4.95. The Labute approximate surface area is 157 Å². The Morgan fingerprint density at radius 3 is 2.42 bits per heavy atom. The number of hydrogen-bond acceptors (Lipinski definition) is 5. The van der Waals surface area contributed by atoms with Gasteiger partial charge in [-0.25, -0.2) is 8.42 Å². The van der Waals surface area contributed by atoms with Crippen LogP contribution in [0.2, 0.25) is 5.02 Å². The van der Waals surface area contributed by atoms with Gasteiger partial charge in [0.25, 0.3) is 15.9 Å². The molecule has 0 aliphatic rings. The minimum atomic E-state index is -3.73. The lowest BCUT2D eigenvalue weighted by molar-refractivity contribution is -0.118. The van der Waals surface area contributed by atoms with Gasteiger partial charge in [-0.05, 0) is 55.0 Å². The molecule has 0 fully saturated rings. The second-order valence-corrected chi connectivity index (χ2v) is 7.74. The summed E-state index contributed by atoms with van der Waals surface area (Å²) >= 11 is 5.87. The highest BCUT2D eigenvalue weighted by molar-refractivity contribution is 7.89. The van der Waals surface area contributed by atoms with Gasteiger partial charge in [-0.15, -0.1) is 0 Å². The molecule has 0 unspecified atom stereocenters. The number of carbonyl (C=O) groups excluding carboxylic acids is 1. The lowest BCUT2D eigenvalue weighted by Crippen LogP contribution is -2.25. The highest BCUT2D eigenvalue weighted by Gasteiger charge is 2.20. The summed E-state index contributed by atoms with van der Waals surface area (Å²) in [5.74, 6) is 0.192. The van der Waals surface area contributed by atoms with Crippen LogP contribution in [0.25, 0.3) is 0 Å². The molecule has 0 aliphatic heterocycles. The first-order valence-electron chi connectivity index (χ1n) is 7.56. The number of halogens is 1. The number of ether oxygens (including phenoxy) is 1. The smallest absolute Gasteiger partial charge is 0.264 e. The predicted octanol–water partition coefficient (Wildman–Crippen LogP) is 2.85. The lowest BCUT2D eigenvalue weighted by Gasteiger charge is -2.14. The molecule has 2 aromatic carbocycles. The largest absolute Gasteiger partial charge is 0.483 e. The lowest BCUT2D eigenvalue weighted by atomic mass is 10.2. The quantitative estimate of drug-likeness (QED) is 0.725. The minimum absolute atomic E-state index is 0.0490. The van der Waals surface area contributed by atoms with E-state index in [2.05, 4.69) is 5.32 Å². The highest BCUT2D eigenvalue weighted by atomic mass is 35.5. The number of nitrogens with zero attached hydrogens (tertiary/aromatic N) is 1. The van der Waals surface area contributed by atoms with Gasteiger partial charge in [0.2, 0.25) is 0 Å². The molecule has 0 saturated heterocycles. The van der Waals surface area contributed by atoms with Crippen molar-refractivity contribution in [2.75, 3.05) is 26.1 Å². The zero-order valence-corrected chi connectivity index (χ0v) is 16.1. The molecule has 9 heteroatoms. The van der Waals surface area contributed by atoms with Crippen LogP contribution in [0, 0.1) is 6.92 Å². The summed E-state index contributed by atoms with van der Waals surface area (Å²) < 4.78 is 30.4. The van der Waals surface area contributed by atoms with Gasteiger partial charge >= 0.3 is 0 Å². The zero-order chi connectivity index (χ0) is 19.3. The maximum absolute atomic E-state index is 12.1. The predicted molar refractivity (Wildman–Crippen MR) is 98.7 cm³/mol. The number of hydrogen-bond donors (Lipinski definition) is 1. The summed E-state index contributed by atoms with van der Waals surface area (Å²) in [4.78, 5) is 16.7. The van der Waals surface area contributed by atoms with Crippen LogP contribution in [0.1, 0.15) is 5.56 Å². The SMILES string of the molecule is CON(C)S(=O)(=O)c1ccc(NC(=O)COc2ccc(Cl)cc2C)cc1. The highest BCUT2D eigenvalue weighted by Crippen LogP contribution is 2.22. The van der Waals surface area contributed by atoms with E-state index >= 15 is 0 Å². The zero-order valence-electron chi connectivity index (χ0n) is 14.5. The molecular formula is C17H19ClN2O5S. The van der Waals surface area contributed by atoms with Crippen LogP contribution >= 0.6 is 11.6 Å². The van der Waals surface area contributed by atoms with E-state index in [1.165, 1.54) is 38.4 Å². The van der Waals surface area contributed by atoms with Crippen molar-refractivity contribution in [2.24, 2.45) is 0 Å². The van der Waals surface area contributed by atoms with E-state index in [1.807, 2.05) is 6.92 Å². The van der Waals surface area contributed by atoms with Crippen molar-refractivity contribution in [2.45, 2.75) is 11.8 Å². The first kappa shape index (κ1) is 20.2. The maximum Gasteiger partial charge on any atom is 0.264 e.